The number of carboxylic acid groups (broad SMARTS) is 1. The van der Waals surface area contributed by atoms with Crippen LogP contribution in [0.1, 0.15) is 33.6 Å². The molecular formula is C15H26N2O4. The number of nitrogens with one attached hydrogen (secondary N) is 1. The Morgan fingerprint density at radius 2 is 1.95 bits per heavy atom. The summed E-state index contributed by atoms with van der Waals surface area (Å²) in [5.74, 6) is -1.06. The molecule has 0 spiro atoms. The Labute approximate surface area is 125 Å². The number of nitrogens with zero attached hydrogens (tertiary/aromatic N) is 1. The van der Waals surface area contributed by atoms with E-state index < -0.39 is 11.9 Å². The monoisotopic (exact) mass is 298 g/mol. The van der Waals surface area contributed by atoms with Crippen LogP contribution in [0.5, 0.6) is 0 Å². The van der Waals surface area contributed by atoms with E-state index in [1.54, 1.807) is 12.0 Å². The fourth-order valence-corrected chi connectivity index (χ4v) is 3.47. The van der Waals surface area contributed by atoms with Gasteiger partial charge in [-0.2, -0.15) is 0 Å². The summed E-state index contributed by atoms with van der Waals surface area (Å²) in [7, 11) is 1.69. The van der Waals surface area contributed by atoms with E-state index in [0.29, 0.717) is 19.5 Å². The Hall–Kier alpha value is -1.30. The molecule has 1 saturated carbocycles. The van der Waals surface area contributed by atoms with E-state index in [1.165, 1.54) is 0 Å². The number of methoxy groups -OCH3 is 1. The van der Waals surface area contributed by atoms with E-state index in [9.17, 15) is 9.59 Å². The number of carbonyl (C=O) groups is 2. The molecule has 0 aromatic carbocycles. The molecule has 2 N–H and O–H groups in total. The zero-order valence-electron chi connectivity index (χ0n) is 13.3. The molecule has 1 saturated heterocycles. The summed E-state index contributed by atoms with van der Waals surface area (Å²) in [4.78, 5) is 25.2. The van der Waals surface area contributed by atoms with Crippen molar-refractivity contribution in [1.29, 1.82) is 0 Å². The van der Waals surface area contributed by atoms with Gasteiger partial charge < -0.3 is 20.1 Å². The zero-order chi connectivity index (χ0) is 15.8. The number of amides is 2. The van der Waals surface area contributed by atoms with Gasteiger partial charge in [-0.25, -0.2) is 4.79 Å². The largest absolute Gasteiger partial charge is 0.481 e. The van der Waals surface area contributed by atoms with Crippen LogP contribution in [0, 0.1) is 17.3 Å². The Morgan fingerprint density at radius 3 is 2.48 bits per heavy atom. The van der Waals surface area contributed by atoms with Crippen molar-refractivity contribution in [2.24, 2.45) is 17.3 Å². The SMILES string of the molecule is COC1CC(NC(=O)N2CC(C)CC(C(=O)O)C2)C1(C)C. The van der Waals surface area contributed by atoms with Crippen LogP contribution in [-0.4, -0.2) is 54.4 Å². The van der Waals surface area contributed by atoms with Gasteiger partial charge in [0.25, 0.3) is 0 Å². The first kappa shape index (κ1) is 16.1. The van der Waals surface area contributed by atoms with Crippen molar-refractivity contribution in [1.82, 2.24) is 10.2 Å². The van der Waals surface area contributed by atoms with Gasteiger partial charge in [-0.3, -0.25) is 4.79 Å². The zero-order valence-corrected chi connectivity index (χ0v) is 13.3. The molecule has 2 amide bonds. The molecule has 6 heteroatoms. The van der Waals surface area contributed by atoms with E-state index in [0.717, 1.165) is 6.42 Å². The van der Waals surface area contributed by atoms with Crippen molar-refractivity contribution < 1.29 is 19.4 Å². The lowest BCUT2D eigenvalue weighted by Crippen LogP contribution is -2.64. The highest BCUT2D eigenvalue weighted by Crippen LogP contribution is 2.42. The number of aliphatic carboxylic acids is 1. The van der Waals surface area contributed by atoms with Crippen LogP contribution in [0.15, 0.2) is 0 Å². The first-order valence-corrected chi connectivity index (χ1v) is 7.56. The van der Waals surface area contributed by atoms with E-state index in [2.05, 4.69) is 19.2 Å². The van der Waals surface area contributed by atoms with Crippen molar-refractivity contribution in [3.05, 3.63) is 0 Å². The van der Waals surface area contributed by atoms with Gasteiger partial charge in [-0.15, -0.1) is 0 Å². The molecule has 21 heavy (non-hydrogen) atoms. The van der Waals surface area contributed by atoms with Gasteiger partial charge in [0.2, 0.25) is 0 Å². The average molecular weight is 298 g/mol. The fourth-order valence-electron chi connectivity index (χ4n) is 3.47. The molecule has 4 atom stereocenters. The lowest BCUT2D eigenvalue weighted by Gasteiger charge is -2.51. The molecule has 0 aromatic heterocycles. The third kappa shape index (κ3) is 3.15. The molecule has 6 nitrogen and oxygen atoms in total. The minimum absolute atomic E-state index is 0.0791. The van der Waals surface area contributed by atoms with Crippen molar-refractivity contribution in [2.75, 3.05) is 20.2 Å². The maximum Gasteiger partial charge on any atom is 0.317 e. The lowest BCUT2D eigenvalue weighted by atomic mass is 9.64. The van der Waals surface area contributed by atoms with Crippen LogP contribution in [0.2, 0.25) is 0 Å². The number of carboxylic acids is 1. The average Bonchev–Trinajstić information content (AvgIpc) is 2.41. The molecule has 0 aromatic rings. The first-order chi connectivity index (χ1) is 9.75. The van der Waals surface area contributed by atoms with E-state index in [1.807, 2.05) is 6.92 Å². The molecule has 4 unspecified atom stereocenters. The number of hydrogen-bond donors (Lipinski definition) is 2. The third-order valence-electron chi connectivity index (χ3n) is 5.06. The Balaban J connectivity index is 1.93. The summed E-state index contributed by atoms with van der Waals surface area (Å²) in [5.41, 5.74) is -0.0853. The number of piperidine rings is 1. The number of hydrogen-bond acceptors (Lipinski definition) is 3. The molecule has 120 valence electrons. The van der Waals surface area contributed by atoms with Crippen molar-refractivity contribution in [3.8, 4) is 0 Å². The molecule has 2 rings (SSSR count). The smallest absolute Gasteiger partial charge is 0.317 e. The molecule has 2 fully saturated rings. The second-order valence-electron chi connectivity index (χ2n) is 7.06. The van der Waals surface area contributed by atoms with E-state index in [4.69, 9.17) is 9.84 Å². The maximum atomic E-state index is 12.4. The van der Waals surface area contributed by atoms with Crippen LogP contribution in [0.25, 0.3) is 0 Å². The van der Waals surface area contributed by atoms with E-state index in [-0.39, 0.29) is 29.5 Å². The molecule has 2 aliphatic rings. The van der Waals surface area contributed by atoms with Gasteiger partial charge in [0.05, 0.1) is 12.0 Å². The molecular weight excluding hydrogens is 272 g/mol. The normalized spacial score (nSPS) is 35.0. The van der Waals surface area contributed by atoms with Gasteiger partial charge in [-0.05, 0) is 18.8 Å². The highest BCUT2D eigenvalue weighted by atomic mass is 16.5. The predicted octanol–water partition coefficient (Wildman–Crippen LogP) is 1.55. The lowest BCUT2D eigenvalue weighted by molar-refractivity contribution is -0.143. The molecule has 1 heterocycles. The van der Waals surface area contributed by atoms with Crippen LogP contribution in [0.4, 0.5) is 4.79 Å². The van der Waals surface area contributed by atoms with E-state index >= 15 is 0 Å². The summed E-state index contributed by atoms with van der Waals surface area (Å²) < 4.78 is 5.38. The van der Waals surface area contributed by atoms with Gasteiger partial charge in [-0.1, -0.05) is 20.8 Å². The Bertz CT molecular complexity index is 424. The van der Waals surface area contributed by atoms with Crippen LogP contribution in [-0.2, 0) is 9.53 Å². The third-order valence-corrected chi connectivity index (χ3v) is 5.06. The van der Waals surface area contributed by atoms with Crippen molar-refractivity contribution in [3.63, 3.8) is 0 Å². The minimum atomic E-state index is -0.817. The Morgan fingerprint density at radius 1 is 1.29 bits per heavy atom. The second kappa shape index (κ2) is 5.83. The highest BCUT2D eigenvalue weighted by Gasteiger charge is 2.49. The molecule has 1 aliphatic carbocycles. The Kier molecular flexibility index (Phi) is 4.46. The van der Waals surface area contributed by atoms with Gasteiger partial charge in [0.15, 0.2) is 0 Å². The standard InChI is InChI=1S/C15H26N2O4/c1-9-5-10(13(18)19)8-17(7-9)14(20)16-11-6-12(21-4)15(11,2)3/h9-12H,5-8H2,1-4H3,(H,16,20)(H,18,19). The van der Waals surface area contributed by atoms with Gasteiger partial charge in [0, 0.05) is 31.7 Å². The summed E-state index contributed by atoms with van der Waals surface area (Å²) in [6.07, 6.45) is 1.61. The van der Waals surface area contributed by atoms with Gasteiger partial charge in [0.1, 0.15) is 0 Å². The topological polar surface area (TPSA) is 78.9 Å². The fraction of sp³-hybridized carbons (Fsp3) is 0.867. The molecule has 0 bridgehead atoms. The predicted molar refractivity (Wildman–Crippen MR) is 78.0 cm³/mol. The molecule has 1 aliphatic heterocycles. The maximum absolute atomic E-state index is 12.4. The van der Waals surface area contributed by atoms with Crippen LogP contribution < -0.4 is 5.32 Å². The second-order valence-corrected chi connectivity index (χ2v) is 7.06. The number of rotatable bonds is 3. The molecule has 0 radical (unpaired) electrons. The van der Waals surface area contributed by atoms with Crippen LogP contribution in [0.3, 0.4) is 0 Å². The number of likely N-dealkylation sites (tertiary alicyclic amines) is 1. The van der Waals surface area contributed by atoms with Crippen LogP contribution >= 0.6 is 0 Å². The number of carbonyl (C=O) groups excluding carboxylic acids is 1. The van der Waals surface area contributed by atoms with Crippen molar-refractivity contribution in [2.45, 2.75) is 45.8 Å². The summed E-state index contributed by atoms with van der Waals surface area (Å²) in [6.45, 7) is 7.06. The summed E-state index contributed by atoms with van der Waals surface area (Å²) in [6, 6.07) is -0.0733. The summed E-state index contributed by atoms with van der Waals surface area (Å²) in [5, 5.41) is 12.2. The number of urea groups is 1. The summed E-state index contributed by atoms with van der Waals surface area (Å²) >= 11 is 0. The van der Waals surface area contributed by atoms with Gasteiger partial charge >= 0.3 is 12.0 Å². The minimum Gasteiger partial charge on any atom is -0.481 e. The van der Waals surface area contributed by atoms with Crippen molar-refractivity contribution >= 4 is 12.0 Å². The quantitative estimate of drug-likeness (QED) is 0.828. The number of ether oxygens (including phenoxy) is 1. The highest BCUT2D eigenvalue weighted by molar-refractivity contribution is 5.77. The first-order valence-electron chi connectivity index (χ1n) is 7.56.